The van der Waals surface area contributed by atoms with Gasteiger partial charge in [0.2, 0.25) is 0 Å². The predicted molar refractivity (Wildman–Crippen MR) is 73.9 cm³/mol. The molecule has 3 N–H and O–H groups in total. The molecule has 4 nitrogen and oxygen atoms in total. The Morgan fingerprint density at radius 2 is 1.89 bits per heavy atom. The zero-order valence-electron chi connectivity index (χ0n) is 10.1. The van der Waals surface area contributed by atoms with Gasteiger partial charge in [-0.25, -0.2) is 0 Å². The number of rotatable bonds is 2. The maximum atomic E-state index is 12.0. The number of halogens is 1. The fourth-order valence-corrected chi connectivity index (χ4v) is 1.96. The van der Waals surface area contributed by atoms with Gasteiger partial charge >= 0.3 is 0 Å². The number of phenolic OH excluding ortho intramolecular Hbond substituents is 2. The number of aromatic hydroxyl groups is 2. The molecule has 0 heterocycles. The Kier molecular flexibility index (Phi) is 3.62. The third-order valence-corrected chi connectivity index (χ3v) is 2.88. The van der Waals surface area contributed by atoms with Crippen molar-refractivity contribution in [3.8, 4) is 11.5 Å². The van der Waals surface area contributed by atoms with Crippen LogP contribution in [0.1, 0.15) is 15.9 Å². The zero-order valence-corrected chi connectivity index (χ0v) is 10.9. The Morgan fingerprint density at radius 1 is 1.21 bits per heavy atom. The van der Waals surface area contributed by atoms with Gasteiger partial charge < -0.3 is 15.5 Å². The molecule has 2 aromatic rings. The van der Waals surface area contributed by atoms with Crippen molar-refractivity contribution in [2.45, 2.75) is 6.92 Å². The molecule has 2 rings (SSSR count). The van der Waals surface area contributed by atoms with Crippen LogP contribution in [0.5, 0.6) is 11.5 Å². The quantitative estimate of drug-likeness (QED) is 0.738. The van der Waals surface area contributed by atoms with Crippen molar-refractivity contribution < 1.29 is 15.0 Å². The molecule has 0 radical (unpaired) electrons. The van der Waals surface area contributed by atoms with E-state index < -0.39 is 5.91 Å². The minimum atomic E-state index is -0.518. The lowest BCUT2D eigenvalue weighted by Crippen LogP contribution is -2.12. The molecule has 0 aliphatic rings. The van der Waals surface area contributed by atoms with Crippen LogP contribution >= 0.6 is 11.6 Å². The van der Waals surface area contributed by atoms with Crippen molar-refractivity contribution in [3.63, 3.8) is 0 Å². The highest BCUT2D eigenvalue weighted by Gasteiger charge is 2.14. The molecule has 0 aromatic heterocycles. The largest absolute Gasteiger partial charge is 0.507 e. The van der Waals surface area contributed by atoms with Gasteiger partial charge in [0.15, 0.2) is 0 Å². The zero-order chi connectivity index (χ0) is 14.0. The molecule has 0 unspecified atom stereocenters. The summed E-state index contributed by atoms with van der Waals surface area (Å²) in [6.45, 7) is 1.68. The van der Waals surface area contributed by atoms with Crippen LogP contribution in [0.15, 0.2) is 36.4 Å². The first kappa shape index (κ1) is 13.2. The van der Waals surface area contributed by atoms with Gasteiger partial charge in [0.25, 0.3) is 5.91 Å². The molecule has 5 heteroatoms. The highest BCUT2D eigenvalue weighted by atomic mass is 35.5. The van der Waals surface area contributed by atoms with Crippen LogP contribution in [0.25, 0.3) is 0 Å². The second-order valence-electron chi connectivity index (χ2n) is 4.09. The third-order valence-electron chi connectivity index (χ3n) is 2.66. The number of carbonyl (C=O) groups excluding carboxylic acids is 1. The highest BCUT2D eigenvalue weighted by molar-refractivity contribution is 6.31. The van der Waals surface area contributed by atoms with Crippen molar-refractivity contribution in [1.82, 2.24) is 0 Å². The van der Waals surface area contributed by atoms with Crippen LogP contribution in [-0.2, 0) is 0 Å². The Bertz CT molecular complexity index is 641. The smallest absolute Gasteiger partial charge is 0.259 e. The number of anilines is 1. The van der Waals surface area contributed by atoms with Crippen LogP contribution in [-0.4, -0.2) is 16.1 Å². The predicted octanol–water partition coefficient (Wildman–Crippen LogP) is 3.31. The molecule has 98 valence electrons. The number of aryl methyl sites for hydroxylation is 1. The summed E-state index contributed by atoms with van der Waals surface area (Å²) in [5.74, 6) is -0.693. The molecule has 0 saturated heterocycles. The molecule has 0 fully saturated rings. The van der Waals surface area contributed by atoms with E-state index in [4.69, 9.17) is 11.6 Å². The molecule has 0 aliphatic heterocycles. The topological polar surface area (TPSA) is 69.6 Å². The molecule has 0 aliphatic carbocycles. The van der Waals surface area contributed by atoms with Crippen molar-refractivity contribution >= 4 is 23.2 Å². The summed E-state index contributed by atoms with van der Waals surface area (Å²) in [4.78, 5) is 12.0. The molecular formula is C14H12ClNO3. The van der Waals surface area contributed by atoms with E-state index >= 15 is 0 Å². The van der Waals surface area contributed by atoms with Crippen LogP contribution in [0, 0.1) is 6.92 Å². The Balaban J connectivity index is 2.32. The number of nitrogens with one attached hydrogen (secondary N) is 1. The lowest BCUT2D eigenvalue weighted by atomic mass is 10.1. The number of para-hydroxylation sites is 1. The third kappa shape index (κ3) is 2.80. The number of hydrogen-bond acceptors (Lipinski definition) is 3. The minimum Gasteiger partial charge on any atom is -0.507 e. The molecule has 0 bridgehead atoms. The van der Waals surface area contributed by atoms with E-state index in [-0.39, 0.29) is 22.7 Å². The number of benzene rings is 2. The molecule has 0 atom stereocenters. The van der Waals surface area contributed by atoms with E-state index in [2.05, 4.69) is 5.32 Å². The van der Waals surface area contributed by atoms with E-state index in [1.807, 2.05) is 0 Å². The van der Waals surface area contributed by atoms with Gasteiger partial charge in [-0.3, -0.25) is 4.79 Å². The van der Waals surface area contributed by atoms with Crippen LogP contribution in [0.4, 0.5) is 5.69 Å². The average molecular weight is 278 g/mol. The van der Waals surface area contributed by atoms with Gasteiger partial charge in [0.05, 0.1) is 11.3 Å². The average Bonchev–Trinajstić information content (AvgIpc) is 2.35. The first-order chi connectivity index (χ1) is 8.99. The minimum absolute atomic E-state index is 0.0480. The van der Waals surface area contributed by atoms with E-state index in [0.29, 0.717) is 10.6 Å². The van der Waals surface area contributed by atoms with Gasteiger partial charge in [-0.1, -0.05) is 23.7 Å². The molecule has 19 heavy (non-hydrogen) atoms. The van der Waals surface area contributed by atoms with Gasteiger partial charge in [0.1, 0.15) is 11.5 Å². The fourth-order valence-electron chi connectivity index (χ4n) is 1.69. The standard InChI is InChI=1S/C14H12ClNO3/c1-8-6-9(15)7-11(13(8)18)16-14(19)10-4-2-3-5-12(10)17/h2-7,17-18H,1H3,(H,16,19). The Labute approximate surface area is 115 Å². The molecular weight excluding hydrogens is 266 g/mol. The Morgan fingerprint density at radius 3 is 2.58 bits per heavy atom. The number of hydrogen-bond donors (Lipinski definition) is 3. The lowest BCUT2D eigenvalue weighted by Gasteiger charge is -2.10. The van der Waals surface area contributed by atoms with Gasteiger partial charge in [-0.15, -0.1) is 0 Å². The summed E-state index contributed by atoms with van der Waals surface area (Å²) in [5.41, 5.74) is 0.887. The molecule has 0 saturated carbocycles. The number of carbonyl (C=O) groups is 1. The van der Waals surface area contributed by atoms with E-state index in [1.54, 1.807) is 25.1 Å². The van der Waals surface area contributed by atoms with E-state index in [0.717, 1.165) is 0 Å². The van der Waals surface area contributed by atoms with Crippen LogP contribution < -0.4 is 5.32 Å². The second kappa shape index (κ2) is 5.20. The van der Waals surface area contributed by atoms with Gasteiger partial charge in [0, 0.05) is 5.02 Å². The maximum Gasteiger partial charge on any atom is 0.259 e. The van der Waals surface area contributed by atoms with E-state index in [9.17, 15) is 15.0 Å². The normalized spacial score (nSPS) is 10.2. The molecule has 2 aromatic carbocycles. The van der Waals surface area contributed by atoms with Gasteiger partial charge in [-0.05, 0) is 36.8 Å². The second-order valence-corrected chi connectivity index (χ2v) is 4.53. The van der Waals surface area contributed by atoms with Crippen LogP contribution in [0.3, 0.4) is 0 Å². The summed E-state index contributed by atoms with van der Waals surface area (Å²) in [6, 6.07) is 9.19. The van der Waals surface area contributed by atoms with Crippen molar-refractivity contribution in [2.24, 2.45) is 0 Å². The van der Waals surface area contributed by atoms with Crippen molar-refractivity contribution in [2.75, 3.05) is 5.32 Å². The fraction of sp³-hybridized carbons (Fsp3) is 0.0714. The summed E-state index contributed by atoms with van der Waals surface area (Å²) < 4.78 is 0. The highest BCUT2D eigenvalue weighted by Crippen LogP contribution is 2.31. The summed E-state index contributed by atoms with van der Waals surface area (Å²) in [6.07, 6.45) is 0. The molecule has 0 spiro atoms. The van der Waals surface area contributed by atoms with E-state index in [1.165, 1.54) is 18.2 Å². The number of phenols is 2. The van der Waals surface area contributed by atoms with Crippen LogP contribution in [0.2, 0.25) is 5.02 Å². The maximum absolute atomic E-state index is 12.0. The number of amides is 1. The lowest BCUT2D eigenvalue weighted by molar-refractivity contribution is 0.102. The monoisotopic (exact) mass is 277 g/mol. The first-order valence-corrected chi connectivity index (χ1v) is 5.95. The summed E-state index contributed by atoms with van der Waals surface area (Å²) in [5, 5.41) is 22.4. The Hall–Kier alpha value is -2.20. The summed E-state index contributed by atoms with van der Waals surface area (Å²) in [7, 11) is 0. The van der Waals surface area contributed by atoms with Gasteiger partial charge in [-0.2, -0.15) is 0 Å². The summed E-state index contributed by atoms with van der Waals surface area (Å²) >= 11 is 5.87. The SMILES string of the molecule is Cc1cc(Cl)cc(NC(=O)c2ccccc2O)c1O. The van der Waals surface area contributed by atoms with Crippen molar-refractivity contribution in [1.29, 1.82) is 0 Å². The first-order valence-electron chi connectivity index (χ1n) is 5.57. The molecule has 1 amide bonds. The van der Waals surface area contributed by atoms with Crippen molar-refractivity contribution in [3.05, 3.63) is 52.5 Å².